The van der Waals surface area contributed by atoms with E-state index in [1.165, 1.54) is 0 Å². The van der Waals surface area contributed by atoms with Crippen molar-refractivity contribution in [1.82, 2.24) is 0 Å². The number of nitrogens with zero attached hydrogens (tertiary/aromatic N) is 4. The molecule has 0 saturated heterocycles. The smallest absolute Gasteiger partial charge is 0.123 e. The first-order valence-corrected chi connectivity index (χ1v) is 15.8. The molecule has 1 fully saturated rings. The summed E-state index contributed by atoms with van der Waals surface area (Å²) in [5.74, 6) is -1.08. The topological polar surface area (TPSA) is 93.9 Å². The minimum absolute atomic E-state index is 0.127. The predicted octanol–water partition coefficient (Wildman–Crippen LogP) is 6.00. The molecule has 1 saturated carbocycles. The molecule has 1 aliphatic carbocycles. The quantitative estimate of drug-likeness (QED) is 0.177. The molecule has 0 spiro atoms. The summed E-state index contributed by atoms with van der Waals surface area (Å²) in [5, 5.41) is 54.5. The largest absolute Gasteiger partial charge is 0.507 e. The van der Waals surface area contributed by atoms with Crippen molar-refractivity contribution in [3.05, 3.63) is 83.9 Å². The molecule has 8 nitrogen and oxygen atoms in total. The Morgan fingerprint density at radius 1 is 0.478 bits per heavy atom. The van der Waals surface area contributed by atoms with Crippen LogP contribution in [0.2, 0.25) is 0 Å². The number of hydrogen-bond acceptors (Lipinski definition) is 8. The Labute approximate surface area is 266 Å². The highest BCUT2D eigenvalue weighted by Gasteiger charge is 2.53. The zero-order chi connectivity index (χ0) is 31.8. The summed E-state index contributed by atoms with van der Waals surface area (Å²) >= 11 is 0. The van der Waals surface area contributed by atoms with E-state index < -0.39 is 24.0 Å². The Morgan fingerprint density at radius 3 is 1.26 bits per heavy atom. The van der Waals surface area contributed by atoms with Gasteiger partial charge in [-0.15, -0.1) is 0 Å². The van der Waals surface area contributed by atoms with Gasteiger partial charge in [0.25, 0.3) is 0 Å². The Balaban J connectivity index is 1.32. The first kappa shape index (κ1) is 27.4. The maximum absolute atomic E-state index is 12.3. The Bertz CT molecular complexity index is 2120. The molecule has 0 atom stereocenters. The summed E-state index contributed by atoms with van der Waals surface area (Å²) in [6.07, 6.45) is -1.96. The fourth-order valence-electron chi connectivity index (χ4n) is 9.05. The number of hydrogen-bond donors (Lipinski definition) is 4. The van der Waals surface area contributed by atoms with Crippen molar-refractivity contribution in [3.8, 4) is 11.5 Å². The van der Waals surface area contributed by atoms with E-state index in [1.54, 1.807) is 12.1 Å². The first-order valence-electron chi connectivity index (χ1n) is 15.8. The highest BCUT2D eigenvalue weighted by atomic mass is 16.3. The monoisotopic (exact) mass is 612 g/mol. The number of aliphatic hydroxyl groups is 2. The molecule has 4 N–H and O–H groups in total. The van der Waals surface area contributed by atoms with Gasteiger partial charge < -0.3 is 40.0 Å². The lowest BCUT2D eigenvalue weighted by Gasteiger charge is -2.49. The predicted molar refractivity (Wildman–Crippen MR) is 187 cm³/mol. The summed E-state index contributed by atoms with van der Waals surface area (Å²) in [5.41, 5.74) is 5.72. The van der Waals surface area contributed by atoms with Crippen LogP contribution in [0, 0.1) is 0 Å². The zero-order valence-corrected chi connectivity index (χ0v) is 26.2. The van der Waals surface area contributed by atoms with Crippen molar-refractivity contribution in [2.24, 2.45) is 0 Å². The van der Waals surface area contributed by atoms with E-state index in [-0.39, 0.29) is 11.5 Å². The van der Waals surface area contributed by atoms with Crippen LogP contribution in [-0.4, -0.2) is 74.2 Å². The van der Waals surface area contributed by atoms with Crippen LogP contribution >= 0.6 is 0 Å². The van der Waals surface area contributed by atoms with Crippen LogP contribution in [0.3, 0.4) is 0 Å². The first-order chi connectivity index (χ1) is 22.2. The summed E-state index contributed by atoms with van der Waals surface area (Å²) < 4.78 is 0. The summed E-state index contributed by atoms with van der Waals surface area (Å²) in [6.45, 7) is 1.39. The van der Waals surface area contributed by atoms with Gasteiger partial charge in [-0.1, -0.05) is 48.5 Å². The van der Waals surface area contributed by atoms with E-state index in [0.29, 0.717) is 24.1 Å². The van der Waals surface area contributed by atoms with Crippen LogP contribution in [0.5, 0.6) is 11.5 Å². The molecule has 0 aromatic heterocycles. The van der Waals surface area contributed by atoms with E-state index in [0.717, 1.165) is 66.2 Å². The molecule has 9 rings (SSSR count). The highest BCUT2D eigenvalue weighted by Crippen LogP contribution is 2.59. The van der Waals surface area contributed by atoms with Gasteiger partial charge in [-0.2, -0.15) is 0 Å². The third kappa shape index (κ3) is 3.30. The van der Waals surface area contributed by atoms with Gasteiger partial charge >= 0.3 is 0 Å². The van der Waals surface area contributed by atoms with Gasteiger partial charge in [0.15, 0.2) is 0 Å². The molecular weight excluding hydrogens is 576 g/mol. The van der Waals surface area contributed by atoms with Crippen molar-refractivity contribution < 1.29 is 20.4 Å². The number of rotatable bonds is 2. The third-order valence-corrected chi connectivity index (χ3v) is 10.8. The van der Waals surface area contributed by atoms with Gasteiger partial charge in [-0.05, 0) is 46.2 Å². The lowest BCUT2D eigenvalue weighted by molar-refractivity contribution is -0.0766. The molecule has 2 aliphatic heterocycles. The minimum atomic E-state index is -0.979. The molecule has 0 amide bonds. The van der Waals surface area contributed by atoms with E-state index in [2.05, 4.69) is 59.9 Å². The van der Waals surface area contributed by atoms with Crippen LogP contribution in [-0.2, 0) is 0 Å². The Hall–Kier alpha value is -4.92. The van der Waals surface area contributed by atoms with Gasteiger partial charge in [0.2, 0.25) is 0 Å². The molecule has 232 valence electrons. The van der Waals surface area contributed by atoms with Crippen LogP contribution in [0.15, 0.2) is 72.8 Å². The highest BCUT2D eigenvalue weighted by molar-refractivity contribution is 6.22. The molecule has 8 heteroatoms. The van der Waals surface area contributed by atoms with Crippen molar-refractivity contribution in [2.45, 2.75) is 24.0 Å². The molecule has 46 heavy (non-hydrogen) atoms. The number of aromatic hydroxyl groups is 2. The summed E-state index contributed by atoms with van der Waals surface area (Å²) in [6, 6.07) is 23.4. The fraction of sp³-hybridized carbons (Fsp3) is 0.263. The van der Waals surface area contributed by atoms with Gasteiger partial charge in [0.1, 0.15) is 11.5 Å². The maximum Gasteiger partial charge on any atom is 0.123 e. The van der Waals surface area contributed by atoms with Crippen LogP contribution in [0.25, 0.3) is 43.1 Å². The number of benzene rings is 6. The molecule has 0 bridgehead atoms. The van der Waals surface area contributed by atoms with E-state index >= 15 is 0 Å². The normalized spacial score (nSPS) is 22.4. The van der Waals surface area contributed by atoms with Gasteiger partial charge in [0, 0.05) is 83.7 Å². The second kappa shape index (κ2) is 9.31. The molecule has 3 aliphatic rings. The average Bonchev–Trinajstić information content (AvgIpc) is 3.03. The molecule has 0 radical (unpaired) electrons. The van der Waals surface area contributed by atoms with Gasteiger partial charge in [-0.25, -0.2) is 0 Å². The minimum Gasteiger partial charge on any atom is -0.507 e. The summed E-state index contributed by atoms with van der Waals surface area (Å²) in [7, 11) is 8.23. The van der Waals surface area contributed by atoms with E-state index in [9.17, 15) is 20.4 Å². The number of aliphatic hydroxyl groups excluding tert-OH is 2. The van der Waals surface area contributed by atoms with Crippen LogP contribution in [0.4, 0.5) is 22.7 Å². The van der Waals surface area contributed by atoms with Crippen LogP contribution in [0.1, 0.15) is 23.0 Å². The van der Waals surface area contributed by atoms with Crippen LogP contribution < -0.4 is 19.6 Å². The molecule has 0 unspecified atom stereocenters. The molecule has 2 heterocycles. The average molecular weight is 613 g/mol. The third-order valence-electron chi connectivity index (χ3n) is 10.8. The fourth-order valence-corrected chi connectivity index (χ4v) is 9.05. The van der Waals surface area contributed by atoms with Gasteiger partial charge in [-0.3, -0.25) is 0 Å². The standard InChI is InChI=1S/C38H36N4O4/c1-39-17-41(3)35-21-11-7-15-25(43)29(21)31(19-9-5-13-23(39)27(19)35)33-37(45)34(38(33)46)32-20-10-6-14-24-28(20)36(42(4)18-40(24)2)22-12-8-16-26(44)30(22)32/h5-16,33-34,37-38,43-46H,17-18H2,1-4H3. The number of phenolic OH excluding ortho intramolecular Hbond substituents is 2. The molecule has 6 aromatic rings. The van der Waals surface area contributed by atoms with E-state index in [4.69, 9.17) is 0 Å². The van der Waals surface area contributed by atoms with Crippen molar-refractivity contribution in [1.29, 1.82) is 0 Å². The van der Waals surface area contributed by atoms with Crippen molar-refractivity contribution in [3.63, 3.8) is 0 Å². The maximum atomic E-state index is 12.3. The number of fused-ring (bicyclic) bond motifs is 4. The summed E-state index contributed by atoms with van der Waals surface area (Å²) in [4.78, 5) is 8.77. The Morgan fingerprint density at radius 2 is 0.848 bits per heavy atom. The second-order valence-electron chi connectivity index (χ2n) is 13.4. The van der Waals surface area contributed by atoms with E-state index in [1.807, 2.05) is 48.5 Å². The number of phenols is 2. The lowest BCUT2D eigenvalue weighted by atomic mass is 9.60. The number of anilines is 4. The van der Waals surface area contributed by atoms with Crippen molar-refractivity contribution >= 4 is 65.8 Å². The Kier molecular flexibility index (Phi) is 5.55. The van der Waals surface area contributed by atoms with Crippen molar-refractivity contribution in [2.75, 3.05) is 61.1 Å². The second-order valence-corrected chi connectivity index (χ2v) is 13.4. The molecule has 6 aromatic carbocycles. The lowest BCUT2D eigenvalue weighted by Crippen LogP contribution is -2.52. The molecular formula is C38H36N4O4. The van der Waals surface area contributed by atoms with Gasteiger partial charge in [0.05, 0.1) is 36.9 Å². The SMILES string of the molecule is CN1CN(C)c2c3cccc(O)c3c(C3C(O)C(c4c5cccc6c5c(c5cccc(O)c45)N(C)CN6C)C3O)c3cccc1c23. The zero-order valence-electron chi connectivity index (χ0n) is 26.2.